The van der Waals surface area contributed by atoms with Crippen LogP contribution in [-0.4, -0.2) is 23.2 Å². The maximum Gasteiger partial charge on any atom is 0.0431 e. The van der Waals surface area contributed by atoms with Crippen LogP contribution in [0.1, 0.15) is 36.9 Å². The van der Waals surface area contributed by atoms with E-state index in [2.05, 4.69) is 16.4 Å². The van der Waals surface area contributed by atoms with E-state index in [-0.39, 0.29) is 0 Å². The molecule has 2 N–H and O–H groups in total. The van der Waals surface area contributed by atoms with Gasteiger partial charge in [-0.05, 0) is 37.9 Å². The van der Waals surface area contributed by atoms with E-state index in [1.807, 2.05) is 19.2 Å². The maximum absolute atomic E-state index is 8.62. The molecule has 16 heavy (non-hydrogen) atoms. The van der Waals surface area contributed by atoms with Gasteiger partial charge in [-0.15, -0.1) is 0 Å². The van der Waals surface area contributed by atoms with Crippen LogP contribution in [0.3, 0.4) is 0 Å². The summed E-state index contributed by atoms with van der Waals surface area (Å²) in [5.74, 6) is 0. The first-order valence-corrected chi connectivity index (χ1v) is 6.06. The number of hydrogen-bond acceptors (Lipinski definition) is 3. The molecule has 3 heteroatoms. The lowest BCUT2D eigenvalue weighted by molar-refractivity contribution is 0.282. The van der Waals surface area contributed by atoms with Crippen LogP contribution in [0, 0.1) is 6.92 Å². The number of aliphatic hydroxyl groups is 1. The number of pyridine rings is 1. The van der Waals surface area contributed by atoms with Crippen LogP contribution < -0.4 is 5.32 Å². The summed E-state index contributed by atoms with van der Waals surface area (Å²) in [4.78, 5) is 4.25. The van der Waals surface area contributed by atoms with E-state index in [0.29, 0.717) is 6.61 Å². The highest BCUT2D eigenvalue weighted by Crippen LogP contribution is 2.00. The molecule has 1 aromatic rings. The minimum atomic E-state index is 0.322. The smallest absolute Gasteiger partial charge is 0.0431 e. The molecular weight excluding hydrogens is 200 g/mol. The van der Waals surface area contributed by atoms with Crippen LogP contribution in [0.5, 0.6) is 0 Å². The van der Waals surface area contributed by atoms with Gasteiger partial charge >= 0.3 is 0 Å². The minimum absolute atomic E-state index is 0.322. The Hall–Kier alpha value is -0.930. The number of aliphatic hydroxyl groups excluding tert-OH is 1. The maximum atomic E-state index is 8.62. The molecule has 90 valence electrons. The lowest BCUT2D eigenvalue weighted by Gasteiger charge is -2.04. The second kappa shape index (κ2) is 8.25. The molecular formula is C13H22N2O. The summed E-state index contributed by atoms with van der Waals surface area (Å²) in [6.45, 7) is 4.26. The highest BCUT2D eigenvalue weighted by Gasteiger charge is 1.93. The summed E-state index contributed by atoms with van der Waals surface area (Å²) in [5.41, 5.74) is 2.30. The molecule has 1 aromatic heterocycles. The summed E-state index contributed by atoms with van der Waals surface area (Å²) < 4.78 is 0. The van der Waals surface area contributed by atoms with Crippen LogP contribution >= 0.6 is 0 Å². The third kappa shape index (κ3) is 5.83. The molecule has 0 atom stereocenters. The van der Waals surface area contributed by atoms with E-state index in [0.717, 1.165) is 31.6 Å². The zero-order chi connectivity index (χ0) is 11.6. The predicted molar refractivity (Wildman–Crippen MR) is 66.2 cm³/mol. The summed E-state index contributed by atoms with van der Waals surface area (Å²) >= 11 is 0. The van der Waals surface area contributed by atoms with Crippen molar-refractivity contribution < 1.29 is 5.11 Å². The molecule has 0 radical (unpaired) electrons. The number of rotatable bonds is 8. The summed E-state index contributed by atoms with van der Waals surface area (Å²) in [5, 5.41) is 12.0. The van der Waals surface area contributed by atoms with Crippen LogP contribution in [0.4, 0.5) is 0 Å². The van der Waals surface area contributed by atoms with Crippen LogP contribution in [-0.2, 0) is 6.54 Å². The Morgan fingerprint density at radius 3 is 2.69 bits per heavy atom. The number of unbranched alkanes of at least 4 members (excludes halogenated alkanes) is 3. The van der Waals surface area contributed by atoms with E-state index in [1.165, 1.54) is 18.4 Å². The Balaban J connectivity index is 2.01. The van der Waals surface area contributed by atoms with Gasteiger partial charge in [0, 0.05) is 25.0 Å². The molecule has 0 spiro atoms. The molecule has 0 unspecified atom stereocenters. The molecule has 3 nitrogen and oxygen atoms in total. The molecule has 0 bridgehead atoms. The Morgan fingerprint density at radius 1 is 1.19 bits per heavy atom. The first kappa shape index (κ1) is 13.1. The van der Waals surface area contributed by atoms with Gasteiger partial charge in [-0.2, -0.15) is 0 Å². The summed E-state index contributed by atoms with van der Waals surface area (Å²) in [7, 11) is 0. The Kier molecular flexibility index (Phi) is 6.77. The van der Waals surface area contributed by atoms with E-state index >= 15 is 0 Å². The number of nitrogens with zero attached hydrogens (tertiary/aromatic N) is 1. The predicted octanol–water partition coefficient (Wildman–Crippen LogP) is 2.03. The Bertz CT molecular complexity index is 272. The minimum Gasteiger partial charge on any atom is -0.396 e. The highest BCUT2D eigenvalue weighted by atomic mass is 16.2. The number of nitrogens with one attached hydrogen (secondary N) is 1. The van der Waals surface area contributed by atoms with Crippen LogP contribution in [0.15, 0.2) is 18.3 Å². The van der Waals surface area contributed by atoms with Crippen molar-refractivity contribution in [3.8, 4) is 0 Å². The lowest BCUT2D eigenvalue weighted by Crippen LogP contribution is -2.14. The van der Waals surface area contributed by atoms with E-state index in [9.17, 15) is 0 Å². The van der Waals surface area contributed by atoms with Crippen molar-refractivity contribution in [3.05, 3.63) is 29.6 Å². The van der Waals surface area contributed by atoms with Crippen LogP contribution in [0.2, 0.25) is 0 Å². The molecule has 0 saturated heterocycles. The average Bonchev–Trinajstić information content (AvgIpc) is 2.30. The van der Waals surface area contributed by atoms with E-state index in [4.69, 9.17) is 5.11 Å². The second-order valence-electron chi connectivity index (χ2n) is 4.12. The van der Waals surface area contributed by atoms with Gasteiger partial charge in [-0.3, -0.25) is 4.98 Å². The zero-order valence-electron chi connectivity index (χ0n) is 10.1. The first-order chi connectivity index (χ1) is 7.83. The number of hydrogen-bond donors (Lipinski definition) is 2. The normalized spacial score (nSPS) is 10.6. The zero-order valence-corrected chi connectivity index (χ0v) is 10.1. The van der Waals surface area contributed by atoms with Crippen molar-refractivity contribution in [2.75, 3.05) is 13.2 Å². The largest absolute Gasteiger partial charge is 0.396 e. The molecule has 0 saturated carbocycles. The fraction of sp³-hybridized carbons (Fsp3) is 0.615. The van der Waals surface area contributed by atoms with Gasteiger partial charge in [-0.25, -0.2) is 0 Å². The van der Waals surface area contributed by atoms with Gasteiger partial charge in [0.25, 0.3) is 0 Å². The lowest BCUT2D eigenvalue weighted by atomic mass is 10.2. The highest BCUT2D eigenvalue weighted by molar-refractivity contribution is 5.12. The summed E-state index contributed by atoms with van der Waals surface area (Å²) in [6, 6.07) is 4.15. The molecule has 0 aromatic carbocycles. The quantitative estimate of drug-likeness (QED) is 0.662. The van der Waals surface area contributed by atoms with E-state index < -0.39 is 0 Å². The molecule has 0 aliphatic heterocycles. The monoisotopic (exact) mass is 222 g/mol. The standard InChI is InChI=1S/C13H22N2O/c1-12-6-7-13(11-15-12)10-14-8-4-2-3-5-9-16/h6-7,11,14,16H,2-5,8-10H2,1H3. The van der Waals surface area contributed by atoms with Gasteiger partial charge in [-0.1, -0.05) is 18.9 Å². The molecule has 0 aliphatic rings. The van der Waals surface area contributed by atoms with Gasteiger partial charge in [0.15, 0.2) is 0 Å². The second-order valence-corrected chi connectivity index (χ2v) is 4.12. The van der Waals surface area contributed by atoms with E-state index in [1.54, 1.807) is 0 Å². The van der Waals surface area contributed by atoms with Crippen molar-refractivity contribution in [2.45, 2.75) is 39.2 Å². The first-order valence-electron chi connectivity index (χ1n) is 6.06. The molecule has 1 rings (SSSR count). The fourth-order valence-corrected chi connectivity index (χ4v) is 1.55. The molecule has 0 aliphatic carbocycles. The Morgan fingerprint density at radius 2 is 2.00 bits per heavy atom. The third-order valence-electron chi connectivity index (χ3n) is 2.56. The van der Waals surface area contributed by atoms with Gasteiger partial charge in [0.05, 0.1) is 0 Å². The topological polar surface area (TPSA) is 45.1 Å². The van der Waals surface area contributed by atoms with Crippen LogP contribution in [0.25, 0.3) is 0 Å². The fourth-order valence-electron chi connectivity index (χ4n) is 1.55. The molecule has 0 fully saturated rings. The number of aryl methyl sites for hydroxylation is 1. The molecule has 1 heterocycles. The third-order valence-corrected chi connectivity index (χ3v) is 2.56. The van der Waals surface area contributed by atoms with Crippen molar-refractivity contribution in [2.24, 2.45) is 0 Å². The SMILES string of the molecule is Cc1ccc(CNCCCCCCO)cn1. The van der Waals surface area contributed by atoms with Crippen molar-refractivity contribution in [1.29, 1.82) is 0 Å². The summed E-state index contributed by atoms with van der Waals surface area (Å²) in [6.07, 6.45) is 6.36. The molecule has 0 amide bonds. The van der Waals surface area contributed by atoms with Crippen molar-refractivity contribution >= 4 is 0 Å². The van der Waals surface area contributed by atoms with Crippen molar-refractivity contribution in [1.82, 2.24) is 10.3 Å². The van der Waals surface area contributed by atoms with Crippen molar-refractivity contribution in [3.63, 3.8) is 0 Å². The number of aromatic nitrogens is 1. The Labute approximate surface area is 97.9 Å². The van der Waals surface area contributed by atoms with Gasteiger partial charge < -0.3 is 10.4 Å². The van der Waals surface area contributed by atoms with Gasteiger partial charge in [0.1, 0.15) is 0 Å². The average molecular weight is 222 g/mol. The van der Waals surface area contributed by atoms with Gasteiger partial charge in [0.2, 0.25) is 0 Å².